The fraction of sp³-hybridized carbons (Fsp3) is 0.250. The highest BCUT2D eigenvalue weighted by Gasteiger charge is 2.40. The van der Waals surface area contributed by atoms with E-state index in [1.807, 2.05) is 43.3 Å². The molecule has 1 aromatic carbocycles. The molecule has 2 aromatic heterocycles. The molecule has 0 fully saturated rings. The number of aromatic nitrogens is 1. The first-order valence-electron chi connectivity index (χ1n) is 12.0. The van der Waals surface area contributed by atoms with Crippen molar-refractivity contribution in [3.05, 3.63) is 93.3 Å². The molecule has 1 aliphatic heterocycles. The van der Waals surface area contributed by atoms with E-state index < -0.39 is 5.92 Å². The number of hydrogen-bond acceptors (Lipinski definition) is 7. The maximum atomic E-state index is 13.5. The van der Waals surface area contributed by atoms with Crippen molar-refractivity contribution in [3.63, 3.8) is 0 Å². The van der Waals surface area contributed by atoms with Crippen molar-refractivity contribution in [1.82, 2.24) is 10.3 Å². The number of halogens is 1. The number of carbonyl (C=O) groups is 2. The number of amides is 1. The monoisotopic (exact) mass is 563 g/mol. The highest BCUT2D eigenvalue weighted by molar-refractivity contribution is 9.10. The van der Waals surface area contributed by atoms with E-state index in [2.05, 4.69) is 31.5 Å². The third kappa shape index (κ3) is 5.32. The van der Waals surface area contributed by atoms with Gasteiger partial charge in [-0.25, -0.2) is 4.98 Å². The molecule has 3 heterocycles. The molecule has 3 aromatic rings. The number of furan rings is 1. The molecular formula is C28H26BrN3O5. The quantitative estimate of drug-likeness (QED) is 0.384. The molecule has 5 rings (SSSR count). The minimum Gasteiger partial charge on any atom is -0.497 e. The fourth-order valence-corrected chi connectivity index (χ4v) is 4.89. The number of dihydropyridines is 1. The number of nitrogens with zero attached hydrogens (tertiary/aromatic N) is 1. The van der Waals surface area contributed by atoms with Gasteiger partial charge in [0.2, 0.25) is 0 Å². The zero-order valence-corrected chi connectivity index (χ0v) is 22.1. The Labute approximate surface area is 222 Å². The molecule has 1 unspecified atom stereocenters. The van der Waals surface area contributed by atoms with Gasteiger partial charge < -0.3 is 24.5 Å². The molecule has 1 aliphatic carbocycles. The molecule has 2 aliphatic rings. The van der Waals surface area contributed by atoms with Crippen molar-refractivity contribution in [2.24, 2.45) is 0 Å². The van der Waals surface area contributed by atoms with Crippen LogP contribution in [0.2, 0.25) is 0 Å². The summed E-state index contributed by atoms with van der Waals surface area (Å²) in [6.07, 6.45) is 3.56. The van der Waals surface area contributed by atoms with Gasteiger partial charge >= 0.3 is 0 Å². The van der Waals surface area contributed by atoms with Gasteiger partial charge in [-0.2, -0.15) is 0 Å². The van der Waals surface area contributed by atoms with Crippen LogP contribution in [-0.4, -0.2) is 23.8 Å². The number of hydrogen-bond donors (Lipinski definition) is 2. The Morgan fingerprint density at radius 2 is 1.92 bits per heavy atom. The smallest absolute Gasteiger partial charge is 0.255 e. The molecule has 1 amide bonds. The molecule has 2 N–H and O–H groups in total. The lowest BCUT2D eigenvalue weighted by Crippen LogP contribution is -2.35. The normalized spacial score (nSPS) is 17.3. The zero-order chi connectivity index (χ0) is 25.9. The molecule has 0 spiro atoms. The Balaban J connectivity index is 1.43. The van der Waals surface area contributed by atoms with Crippen LogP contribution in [-0.2, 0) is 16.2 Å². The number of allylic oxidation sites excluding steroid dienone is 3. The van der Waals surface area contributed by atoms with Crippen LogP contribution >= 0.6 is 15.9 Å². The van der Waals surface area contributed by atoms with E-state index in [4.69, 9.17) is 13.9 Å². The molecular weight excluding hydrogens is 538 g/mol. The summed E-state index contributed by atoms with van der Waals surface area (Å²) in [5.41, 5.74) is 2.54. The van der Waals surface area contributed by atoms with Gasteiger partial charge in [0.1, 0.15) is 35.4 Å². The molecule has 37 heavy (non-hydrogen) atoms. The first-order valence-corrected chi connectivity index (χ1v) is 12.7. The SMILES string of the molecule is COc1ccc(OCc2ccc(C3C(C(=O)Nc4ccc(Br)cn4)=C(C)NC4=C3C(=O)CCC4)o2)cc1. The predicted molar refractivity (Wildman–Crippen MR) is 141 cm³/mol. The number of benzene rings is 1. The Bertz CT molecular complexity index is 1390. The fourth-order valence-electron chi connectivity index (χ4n) is 4.66. The van der Waals surface area contributed by atoms with Crippen molar-refractivity contribution in [1.29, 1.82) is 0 Å². The number of Topliss-reactive ketones (excluding diaryl/α,β-unsaturated/α-hetero) is 1. The van der Waals surface area contributed by atoms with Crippen LogP contribution in [0.5, 0.6) is 11.5 Å². The summed E-state index contributed by atoms with van der Waals surface area (Å²) in [5.74, 6) is 1.97. The first kappa shape index (κ1) is 24.8. The maximum absolute atomic E-state index is 13.5. The van der Waals surface area contributed by atoms with Crippen molar-refractivity contribution in [3.8, 4) is 11.5 Å². The van der Waals surface area contributed by atoms with E-state index in [0.29, 0.717) is 46.4 Å². The van der Waals surface area contributed by atoms with Gasteiger partial charge in [-0.05, 0) is 84.2 Å². The minimum absolute atomic E-state index is 0.0192. The van der Waals surface area contributed by atoms with Crippen LogP contribution in [0.15, 0.2) is 86.2 Å². The van der Waals surface area contributed by atoms with Crippen LogP contribution in [0.4, 0.5) is 5.82 Å². The van der Waals surface area contributed by atoms with Crippen molar-refractivity contribution < 1.29 is 23.5 Å². The molecule has 0 saturated carbocycles. The average molecular weight is 564 g/mol. The number of ether oxygens (including phenoxy) is 2. The summed E-state index contributed by atoms with van der Waals surface area (Å²) < 4.78 is 18.0. The highest BCUT2D eigenvalue weighted by Crippen LogP contribution is 2.43. The molecule has 0 radical (unpaired) electrons. The van der Waals surface area contributed by atoms with E-state index in [9.17, 15) is 9.59 Å². The van der Waals surface area contributed by atoms with Crippen LogP contribution in [0.1, 0.15) is 43.6 Å². The number of methoxy groups -OCH3 is 1. The van der Waals surface area contributed by atoms with E-state index in [0.717, 1.165) is 28.8 Å². The van der Waals surface area contributed by atoms with E-state index in [-0.39, 0.29) is 18.3 Å². The number of ketones is 1. The average Bonchev–Trinajstić information content (AvgIpc) is 3.37. The lowest BCUT2D eigenvalue weighted by atomic mass is 9.77. The summed E-state index contributed by atoms with van der Waals surface area (Å²) >= 11 is 3.35. The largest absolute Gasteiger partial charge is 0.497 e. The standard InChI is InChI=1S/C28H26BrN3O5/c1-16-25(28(34)32-24-13-6-17(29)14-30-24)27(26-21(31-16)4-3-5-22(26)33)23-12-11-20(37-23)15-36-19-9-7-18(35-2)8-10-19/h6-14,27,31H,3-5,15H2,1-2H3,(H,30,32,34). The molecule has 0 bridgehead atoms. The Morgan fingerprint density at radius 1 is 1.14 bits per heavy atom. The van der Waals surface area contributed by atoms with Crippen LogP contribution in [0.25, 0.3) is 0 Å². The second-order valence-electron chi connectivity index (χ2n) is 8.85. The summed E-state index contributed by atoms with van der Waals surface area (Å²) in [6.45, 7) is 2.04. The summed E-state index contributed by atoms with van der Waals surface area (Å²) in [6, 6.07) is 14.4. The minimum atomic E-state index is -0.630. The second kappa shape index (κ2) is 10.6. The van der Waals surface area contributed by atoms with E-state index >= 15 is 0 Å². The third-order valence-corrected chi connectivity index (χ3v) is 6.87. The molecule has 8 nitrogen and oxygen atoms in total. The Hall–Kier alpha value is -3.85. The Morgan fingerprint density at radius 3 is 2.65 bits per heavy atom. The lowest BCUT2D eigenvalue weighted by Gasteiger charge is -2.33. The van der Waals surface area contributed by atoms with Crippen LogP contribution < -0.4 is 20.1 Å². The van der Waals surface area contributed by atoms with Gasteiger partial charge in [0.05, 0.1) is 18.6 Å². The van der Waals surface area contributed by atoms with Crippen molar-refractivity contribution in [2.75, 3.05) is 12.4 Å². The van der Waals surface area contributed by atoms with Crippen LogP contribution in [0, 0.1) is 0 Å². The van der Waals surface area contributed by atoms with Gasteiger partial charge in [-0.1, -0.05) is 0 Å². The third-order valence-electron chi connectivity index (χ3n) is 6.40. The molecule has 190 valence electrons. The van der Waals surface area contributed by atoms with Crippen molar-refractivity contribution >= 4 is 33.4 Å². The van der Waals surface area contributed by atoms with E-state index in [1.54, 1.807) is 25.4 Å². The molecule has 1 atom stereocenters. The van der Waals surface area contributed by atoms with Gasteiger partial charge in [-0.15, -0.1) is 0 Å². The number of carbonyl (C=O) groups excluding carboxylic acids is 2. The van der Waals surface area contributed by atoms with Crippen molar-refractivity contribution in [2.45, 2.75) is 38.7 Å². The zero-order valence-electron chi connectivity index (χ0n) is 20.5. The number of rotatable bonds is 7. The van der Waals surface area contributed by atoms with Gasteiger partial charge in [0.15, 0.2) is 5.78 Å². The first-order chi connectivity index (χ1) is 17.9. The number of anilines is 1. The predicted octanol–water partition coefficient (Wildman–Crippen LogP) is 5.63. The summed E-state index contributed by atoms with van der Waals surface area (Å²) in [4.78, 5) is 30.9. The van der Waals surface area contributed by atoms with Crippen LogP contribution in [0.3, 0.4) is 0 Å². The number of pyridine rings is 1. The lowest BCUT2D eigenvalue weighted by molar-refractivity contribution is -0.116. The molecule has 0 saturated heterocycles. The van der Waals surface area contributed by atoms with Gasteiger partial charge in [0, 0.05) is 34.1 Å². The number of nitrogens with one attached hydrogen (secondary N) is 2. The summed E-state index contributed by atoms with van der Waals surface area (Å²) in [5, 5.41) is 6.17. The van der Waals surface area contributed by atoms with Gasteiger partial charge in [0.25, 0.3) is 5.91 Å². The second-order valence-corrected chi connectivity index (χ2v) is 9.77. The maximum Gasteiger partial charge on any atom is 0.255 e. The summed E-state index contributed by atoms with van der Waals surface area (Å²) in [7, 11) is 1.61. The van der Waals surface area contributed by atoms with E-state index in [1.165, 1.54) is 0 Å². The van der Waals surface area contributed by atoms with Gasteiger partial charge in [-0.3, -0.25) is 9.59 Å². The Kier molecular flexibility index (Phi) is 7.14. The highest BCUT2D eigenvalue weighted by atomic mass is 79.9. The molecule has 9 heteroatoms. The topological polar surface area (TPSA) is 103 Å².